The Morgan fingerprint density at radius 1 is 1.18 bits per heavy atom. The van der Waals surface area contributed by atoms with E-state index < -0.39 is 5.97 Å². The number of carboxylic acids is 1. The van der Waals surface area contributed by atoms with Crippen molar-refractivity contribution in [3.63, 3.8) is 0 Å². The molecule has 148 valence electrons. The van der Waals surface area contributed by atoms with Crippen LogP contribution in [0.25, 0.3) is 11.1 Å². The van der Waals surface area contributed by atoms with Crippen LogP contribution in [-0.2, 0) is 4.79 Å². The lowest BCUT2D eigenvalue weighted by Crippen LogP contribution is -2.55. The van der Waals surface area contributed by atoms with Gasteiger partial charge < -0.3 is 15.4 Å². The molecule has 28 heavy (non-hydrogen) atoms. The first-order chi connectivity index (χ1) is 13.5. The first-order valence-corrected chi connectivity index (χ1v) is 9.69. The fourth-order valence-electron chi connectivity index (χ4n) is 3.84. The van der Waals surface area contributed by atoms with Crippen LogP contribution in [0.15, 0.2) is 36.7 Å². The molecule has 0 saturated heterocycles. The van der Waals surface area contributed by atoms with Crippen LogP contribution >= 0.6 is 0 Å². The van der Waals surface area contributed by atoms with E-state index in [0.29, 0.717) is 11.5 Å². The van der Waals surface area contributed by atoms with E-state index in [9.17, 15) is 14.0 Å². The maximum atomic E-state index is 13.1. The van der Waals surface area contributed by atoms with Crippen molar-refractivity contribution in [2.45, 2.75) is 37.8 Å². The third kappa shape index (κ3) is 4.25. The molecule has 7 heteroatoms. The van der Waals surface area contributed by atoms with Crippen molar-refractivity contribution in [3.05, 3.63) is 48.0 Å². The number of aromatic nitrogens is 1. The largest absolute Gasteiger partial charge is 0.480 e. The molecule has 0 spiro atoms. The normalized spacial score (nSPS) is 21.4. The zero-order valence-corrected chi connectivity index (χ0v) is 15.5. The SMILES string of the molecule is O=C(O)CN(CC1CC1)C1CC(NC(=O)c2c[nH]cc2-c2ccc(F)cc2)C1. The van der Waals surface area contributed by atoms with Crippen LogP contribution in [0.5, 0.6) is 0 Å². The number of halogens is 1. The Balaban J connectivity index is 1.35. The van der Waals surface area contributed by atoms with Gasteiger partial charge >= 0.3 is 5.97 Å². The summed E-state index contributed by atoms with van der Waals surface area (Å²) in [6, 6.07) is 6.30. The standard InChI is InChI=1S/C21H24FN3O3/c22-15-5-3-14(4-6-15)18-9-23-10-19(18)21(28)24-16-7-17(8-16)25(12-20(26)27)11-13-1-2-13/h3-6,9-10,13,16-17,23H,1-2,7-8,11-12H2,(H,24,28)(H,26,27). The minimum atomic E-state index is -0.801. The lowest BCUT2D eigenvalue weighted by atomic mass is 9.85. The van der Waals surface area contributed by atoms with E-state index in [1.165, 1.54) is 25.0 Å². The summed E-state index contributed by atoms with van der Waals surface area (Å²) in [4.78, 5) is 28.8. The highest BCUT2D eigenvalue weighted by atomic mass is 19.1. The van der Waals surface area contributed by atoms with Gasteiger partial charge in [-0.2, -0.15) is 0 Å². The van der Waals surface area contributed by atoms with Crippen LogP contribution in [-0.4, -0.2) is 52.0 Å². The Kier molecular flexibility index (Phi) is 5.17. The predicted molar refractivity (Wildman–Crippen MR) is 102 cm³/mol. The van der Waals surface area contributed by atoms with Gasteiger partial charge in [0.25, 0.3) is 5.91 Å². The topological polar surface area (TPSA) is 85.4 Å². The smallest absolute Gasteiger partial charge is 0.317 e. The molecule has 0 atom stereocenters. The van der Waals surface area contributed by atoms with Crippen molar-refractivity contribution in [3.8, 4) is 11.1 Å². The second-order valence-corrected chi connectivity index (χ2v) is 7.85. The van der Waals surface area contributed by atoms with Crippen LogP contribution in [0.1, 0.15) is 36.0 Å². The molecule has 1 heterocycles. The van der Waals surface area contributed by atoms with Crippen LogP contribution < -0.4 is 5.32 Å². The molecule has 0 unspecified atom stereocenters. The van der Waals surface area contributed by atoms with Crippen LogP contribution in [0, 0.1) is 11.7 Å². The van der Waals surface area contributed by atoms with Gasteiger partial charge in [0.15, 0.2) is 0 Å². The summed E-state index contributed by atoms with van der Waals surface area (Å²) < 4.78 is 13.1. The molecular formula is C21H24FN3O3. The van der Waals surface area contributed by atoms with Crippen LogP contribution in [0.4, 0.5) is 4.39 Å². The molecule has 0 bridgehead atoms. The highest BCUT2D eigenvalue weighted by Gasteiger charge is 2.38. The maximum absolute atomic E-state index is 13.1. The second kappa shape index (κ2) is 7.75. The van der Waals surface area contributed by atoms with E-state index in [4.69, 9.17) is 5.11 Å². The molecule has 6 nitrogen and oxygen atoms in total. The molecule has 2 fully saturated rings. The number of H-pyrrole nitrogens is 1. The van der Waals surface area contributed by atoms with Crippen LogP contribution in [0.3, 0.4) is 0 Å². The molecule has 0 radical (unpaired) electrons. The van der Waals surface area contributed by atoms with E-state index in [-0.39, 0.29) is 30.4 Å². The number of carbonyl (C=O) groups is 2. The van der Waals surface area contributed by atoms with Gasteiger partial charge in [-0.3, -0.25) is 14.5 Å². The lowest BCUT2D eigenvalue weighted by molar-refractivity contribution is -0.139. The Labute approximate surface area is 162 Å². The Bertz CT molecular complexity index is 854. The first kappa shape index (κ1) is 18.7. The molecule has 1 aromatic carbocycles. The van der Waals surface area contributed by atoms with E-state index in [1.54, 1.807) is 24.5 Å². The molecule has 3 N–H and O–H groups in total. The number of nitrogens with zero attached hydrogens (tertiary/aromatic N) is 1. The molecule has 1 amide bonds. The number of aliphatic carboxylic acids is 1. The van der Waals surface area contributed by atoms with Crippen molar-refractivity contribution in [1.82, 2.24) is 15.2 Å². The summed E-state index contributed by atoms with van der Waals surface area (Å²) >= 11 is 0. The van der Waals surface area contributed by atoms with E-state index in [2.05, 4.69) is 10.3 Å². The van der Waals surface area contributed by atoms with Gasteiger partial charge in [0, 0.05) is 36.6 Å². The number of hydrogen-bond donors (Lipinski definition) is 3. The van der Waals surface area contributed by atoms with Gasteiger partial charge in [0.1, 0.15) is 5.82 Å². The molecule has 0 aliphatic heterocycles. The number of nitrogens with one attached hydrogen (secondary N) is 2. The summed E-state index contributed by atoms with van der Waals surface area (Å²) in [7, 11) is 0. The molecule has 2 aliphatic carbocycles. The van der Waals surface area contributed by atoms with Crippen molar-refractivity contribution >= 4 is 11.9 Å². The average molecular weight is 385 g/mol. The summed E-state index contributed by atoms with van der Waals surface area (Å²) in [6.07, 6.45) is 7.28. The quantitative estimate of drug-likeness (QED) is 0.652. The highest BCUT2D eigenvalue weighted by Crippen LogP contribution is 2.34. The summed E-state index contributed by atoms with van der Waals surface area (Å²) in [5, 5.41) is 12.2. The van der Waals surface area contributed by atoms with E-state index in [0.717, 1.165) is 30.5 Å². The van der Waals surface area contributed by atoms with Crippen molar-refractivity contribution in [2.75, 3.05) is 13.1 Å². The van der Waals surface area contributed by atoms with E-state index in [1.807, 2.05) is 4.90 Å². The molecule has 2 saturated carbocycles. The van der Waals surface area contributed by atoms with Crippen LogP contribution in [0.2, 0.25) is 0 Å². The number of aromatic amines is 1. The predicted octanol–water partition coefficient (Wildman–Crippen LogP) is 2.88. The van der Waals surface area contributed by atoms with Crippen molar-refractivity contribution in [2.24, 2.45) is 5.92 Å². The fourth-order valence-corrected chi connectivity index (χ4v) is 3.84. The minimum absolute atomic E-state index is 0.0453. The van der Waals surface area contributed by atoms with Gasteiger partial charge in [0.05, 0.1) is 12.1 Å². The number of rotatable bonds is 8. The lowest BCUT2D eigenvalue weighted by Gasteiger charge is -2.42. The summed E-state index contributed by atoms with van der Waals surface area (Å²) in [5.41, 5.74) is 2.03. The molecule has 1 aromatic heterocycles. The molecular weight excluding hydrogens is 361 g/mol. The van der Waals surface area contributed by atoms with Gasteiger partial charge in [-0.05, 0) is 49.3 Å². The number of carbonyl (C=O) groups excluding carboxylic acids is 1. The summed E-state index contributed by atoms with van der Waals surface area (Å²) in [6.45, 7) is 0.901. The van der Waals surface area contributed by atoms with Crippen molar-refractivity contribution < 1.29 is 19.1 Å². The monoisotopic (exact) mass is 385 g/mol. The first-order valence-electron chi connectivity index (χ1n) is 9.69. The number of benzene rings is 1. The Morgan fingerprint density at radius 2 is 1.89 bits per heavy atom. The highest BCUT2D eigenvalue weighted by molar-refractivity contribution is 6.01. The van der Waals surface area contributed by atoms with Gasteiger partial charge in [-0.25, -0.2) is 4.39 Å². The number of amides is 1. The Hall–Kier alpha value is -2.67. The second-order valence-electron chi connectivity index (χ2n) is 7.85. The van der Waals surface area contributed by atoms with Crippen molar-refractivity contribution in [1.29, 1.82) is 0 Å². The maximum Gasteiger partial charge on any atom is 0.317 e. The zero-order chi connectivity index (χ0) is 19.7. The minimum Gasteiger partial charge on any atom is -0.480 e. The van der Waals surface area contributed by atoms with Gasteiger partial charge in [-0.1, -0.05) is 12.1 Å². The summed E-state index contributed by atoms with van der Waals surface area (Å²) in [5.74, 6) is -0.658. The van der Waals surface area contributed by atoms with Gasteiger partial charge in [0.2, 0.25) is 0 Å². The van der Waals surface area contributed by atoms with E-state index >= 15 is 0 Å². The van der Waals surface area contributed by atoms with Gasteiger partial charge in [-0.15, -0.1) is 0 Å². The molecule has 2 aromatic rings. The number of carboxylic acid groups (broad SMARTS) is 1. The molecule has 2 aliphatic rings. The third-order valence-corrected chi connectivity index (χ3v) is 5.64. The third-order valence-electron chi connectivity index (χ3n) is 5.64. The average Bonchev–Trinajstić information content (AvgIpc) is 3.29. The Morgan fingerprint density at radius 3 is 2.54 bits per heavy atom. The fraction of sp³-hybridized carbons (Fsp3) is 0.429. The number of hydrogen-bond acceptors (Lipinski definition) is 3. The molecule has 4 rings (SSSR count). The zero-order valence-electron chi connectivity index (χ0n) is 15.5.